The highest BCUT2D eigenvalue weighted by Crippen LogP contribution is 2.22. The van der Waals surface area contributed by atoms with Gasteiger partial charge in [-0.15, -0.1) is 0 Å². The third-order valence-electron chi connectivity index (χ3n) is 2.66. The van der Waals surface area contributed by atoms with Crippen LogP contribution in [0.2, 0.25) is 0 Å². The van der Waals surface area contributed by atoms with Gasteiger partial charge < -0.3 is 0 Å². The number of benzene rings is 1. The predicted molar refractivity (Wildman–Crippen MR) is 76.2 cm³/mol. The second-order valence-electron chi connectivity index (χ2n) is 3.78. The second-order valence-corrected chi connectivity index (χ2v) is 5.03. The highest BCUT2D eigenvalue weighted by atomic mass is 127. The Morgan fingerprint density at radius 2 is 2.29 bits per heavy atom. The normalized spacial score (nSPS) is 12.6. The number of aryl methyl sites for hydroxylation is 1. The minimum atomic E-state index is -0.00924. The highest BCUT2D eigenvalue weighted by Gasteiger charge is 2.14. The van der Waals surface area contributed by atoms with Gasteiger partial charge >= 0.3 is 0 Å². The second kappa shape index (κ2) is 5.61. The molecule has 0 radical (unpaired) electrons. The summed E-state index contributed by atoms with van der Waals surface area (Å²) in [6, 6.07) is 8.27. The van der Waals surface area contributed by atoms with Gasteiger partial charge in [0, 0.05) is 21.9 Å². The summed E-state index contributed by atoms with van der Waals surface area (Å²) >= 11 is 2.30. The molecule has 4 nitrogen and oxygen atoms in total. The van der Waals surface area contributed by atoms with E-state index < -0.39 is 0 Å². The number of hydrazine groups is 1. The van der Waals surface area contributed by atoms with Gasteiger partial charge in [-0.3, -0.25) is 10.5 Å². The Morgan fingerprint density at radius 3 is 2.88 bits per heavy atom. The van der Waals surface area contributed by atoms with E-state index in [1.165, 1.54) is 3.57 Å². The Labute approximate surface area is 114 Å². The standard InChI is InChI=1S/C12H15IN4/c1-2-17-8-10(7-15-17)12(16-14)9-4-3-5-11(13)6-9/h3-8,12,16H,2,14H2,1H3. The third-order valence-corrected chi connectivity index (χ3v) is 3.33. The zero-order valence-electron chi connectivity index (χ0n) is 9.60. The van der Waals surface area contributed by atoms with Gasteiger partial charge in [-0.25, -0.2) is 5.43 Å². The summed E-state index contributed by atoms with van der Waals surface area (Å²) in [5, 5.41) is 4.27. The molecule has 17 heavy (non-hydrogen) atoms. The maximum Gasteiger partial charge on any atom is 0.0741 e. The smallest absolute Gasteiger partial charge is 0.0741 e. The van der Waals surface area contributed by atoms with E-state index in [0.717, 1.165) is 17.7 Å². The lowest BCUT2D eigenvalue weighted by atomic mass is 10.0. The number of halogens is 1. The van der Waals surface area contributed by atoms with Gasteiger partial charge in [-0.2, -0.15) is 5.10 Å². The predicted octanol–water partition coefficient (Wildman–Crippen LogP) is 2.06. The summed E-state index contributed by atoms with van der Waals surface area (Å²) in [6.07, 6.45) is 3.87. The van der Waals surface area contributed by atoms with Crippen LogP contribution in [0.15, 0.2) is 36.7 Å². The van der Waals surface area contributed by atoms with Gasteiger partial charge in [-0.05, 0) is 47.2 Å². The number of nitrogens with one attached hydrogen (secondary N) is 1. The number of rotatable bonds is 4. The molecule has 0 aliphatic carbocycles. The molecule has 1 aromatic heterocycles. The zero-order chi connectivity index (χ0) is 12.3. The van der Waals surface area contributed by atoms with Gasteiger partial charge in [0.15, 0.2) is 0 Å². The topological polar surface area (TPSA) is 55.9 Å². The number of aromatic nitrogens is 2. The lowest BCUT2D eigenvalue weighted by Gasteiger charge is -2.14. The van der Waals surface area contributed by atoms with E-state index in [4.69, 9.17) is 5.84 Å². The summed E-state index contributed by atoms with van der Waals surface area (Å²) in [5.74, 6) is 5.65. The minimum absolute atomic E-state index is 0.00924. The molecule has 2 aromatic rings. The Bertz CT molecular complexity index is 495. The van der Waals surface area contributed by atoms with Crippen molar-refractivity contribution in [2.75, 3.05) is 0 Å². The summed E-state index contributed by atoms with van der Waals surface area (Å²) in [7, 11) is 0. The summed E-state index contributed by atoms with van der Waals surface area (Å²) in [6.45, 7) is 2.93. The van der Waals surface area contributed by atoms with Crippen LogP contribution in [-0.2, 0) is 6.54 Å². The van der Waals surface area contributed by atoms with Crippen molar-refractivity contribution in [3.63, 3.8) is 0 Å². The largest absolute Gasteiger partial charge is 0.273 e. The Hall–Kier alpha value is -0.920. The van der Waals surface area contributed by atoms with Crippen molar-refractivity contribution >= 4 is 22.6 Å². The van der Waals surface area contributed by atoms with Crippen LogP contribution in [0.4, 0.5) is 0 Å². The molecular weight excluding hydrogens is 327 g/mol. The van der Waals surface area contributed by atoms with Crippen molar-refractivity contribution in [2.45, 2.75) is 19.5 Å². The van der Waals surface area contributed by atoms with Crippen molar-refractivity contribution in [1.82, 2.24) is 15.2 Å². The van der Waals surface area contributed by atoms with Crippen molar-refractivity contribution in [2.24, 2.45) is 5.84 Å². The molecule has 0 saturated carbocycles. The minimum Gasteiger partial charge on any atom is -0.273 e. The molecule has 1 atom stereocenters. The van der Waals surface area contributed by atoms with Crippen LogP contribution in [0.3, 0.4) is 0 Å². The molecule has 2 rings (SSSR count). The van der Waals surface area contributed by atoms with Crippen molar-refractivity contribution in [3.8, 4) is 0 Å². The van der Waals surface area contributed by atoms with E-state index in [-0.39, 0.29) is 6.04 Å². The molecule has 1 aromatic carbocycles. The fourth-order valence-electron chi connectivity index (χ4n) is 1.77. The summed E-state index contributed by atoms with van der Waals surface area (Å²) in [4.78, 5) is 0. The molecule has 0 bridgehead atoms. The van der Waals surface area contributed by atoms with E-state index in [1.807, 2.05) is 23.1 Å². The molecule has 0 spiro atoms. The molecule has 0 saturated heterocycles. The molecule has 0 aliphatic heterocycles. The van der Waals surface area contributed by atoms with Gasteiger partial charge in [0.1, 0.15) is 0 Å². The maximum atomic E-state index is 5.65. The molecule has 90 valence electrons. The monoisotopic (exact) mass is 342 g/mol. The zero-order valence-corrected chi connectivity index (χ0v) is 11.8. The molecule has 3 N–H and O–H groups in total. The van der Waals surface area contributed by atoms with Crippen molar-refractivity contribution < 1.29 is 0 Å². The Kier molecular flexibility index (Phi) is 4.14. The van der Waals surface area contributed by atoms with E-state index in [1.54, 1.807) is 0 Å². The molecular formula is C12H15IN4. The third kappa shape index (κ3) is 2.85. The Morgan fingerprint density at radius 1 is 1.47 bits per heavy atom. The molecule has 1 unspecified atom stereocenters. The van der Waals surface area contributed by atoms with Crippen LogP contribution in [-0.4, -0.2) is 9.78 Å². The first kappa shape index (κ1) is 12.5. The average molecular weight is 342 g/mol. The van der Waals surface area contributed by atoms with Crippen molar-refractivity contribution in [3.05, 3.63) is 51.4 Å². The van der Waals surface area contributed by atoms with Crippen molar-refractivity contribution in [1.29, 1.82) is 0 Å². The van der Waals surface area contributed by atoms with Gasteiger partial charge in [0.05, 0.1) is 12.2 Å². The van der Waals surface area contributed by atoms with Crippen LogP contribution < -0.4 is 11.3 Å². The molecule has 1 heterocycles. The number of nitrogens with zero attached hydrogens (tertiary/aromatic N) is 2. The van der Waals surface area contributed by atoms with Crippen LogP contribution in [0.5, 0.6) is 0 Å². The number of hydrogen-bond donors (Lipinski definition) is 2. The summed E-state index contributed by atoms with van der Waals surface area (Å²) < 4.78 is 3.09. The highest BCUT2D eigenvalue weighted by molar-refractivity contribution is 14.1. The van der Waals surface area contributed by atoms with E-state index in [9.17, 15) is 0 Å². The lowest BCUT2D eigenvalue weighted by molar-refractivity contribution is 0.630. The first-order valence-corrected chi connectivity index (χ1v) is 6.56. The van der Waals surface area contributed by atoms with Gasteiger partial charge in [0.2, 0.25) is 0 Å². The fourth-order valence-corrected chi connectivity index (χ4v) is 2.34. The molecule has 5 heteroatoms. The van der Waals surface area contributed by atoms with Gasteiger partial charge in [-0.1, -0.05) is 12.1 Å². The van der Waals surface area contributed by atoms with Crippen LogP contribution in [0.25, 0.3) is 0 Å². The summed E-state index contributed by atoms with van der Waals surface area (Å²) in [5.41, 5.74) is 5.07. The van der Waals surface area contributed by atoms with Crippen LogP contribution in [0.1, 0.15) is 24.1 Å². The lowest BCUT2D eigenvalue weighted by Crippen LogP contribution is -2.28. The van der Waals surface area contributed by atoms with Crippen LogP contribution in [0, 0.1) is 3.57 Å². The molecule has 0 amide bonds. The van der Waals surface area contributed by atoms with E-state index in [0.29, 0.717) is 0 Å². The van der Waals surface area contributed by atoms with Crippen LogP contribution >= 0.6 is 22.6 Å². The molecule has 0 fully saturated rings. The van der Waals surface area contributed by atoms with Gasteiger partial charge in [0.25, 0.3) is 0 Å². The Balaban J connectivity index is 2.33. The molecule has 0 aliphatic rings. The number of hydrogen-bond acceptors (Lipinski definition) is 3. The number of nitrogens with two attached hydrogens (primary N) is 1. The quantitative estimate of drug-likeness (QED) is 0.508. The fraction of sp³-hybridized carbons (Fsp3) is 0.250. The maximum absolute atomic E-state index is 5.65. The first-order valence-electron chi connectivity index (χ1n) is 5.48. The average Bonchev–Trinajstić information content (AvgIpc) is 2.79. The van der Waals surface area contributed by atoms with E-state index in [2.05, 4.69) is 58.2 Å². The first-order chi connectivity index (χ1) is 8.24. The van der Waals surface area contributed by atoms with E-state index >= 15 is 0 Å². The SMILES string of the molecule is CCn1cc(C(NN)c2cccc(I)c2)cn1.